The molecule has 156 valence electrons. The van der Waals surface area contributed by atoms with E-state index in [1.807, 2.05) is 32.6 Å². The highest BCUT2D eigenvalue weighted by molar-refractivity contribution is 5.77. The van der Waals surface area contributed by atoms with Crippen molar-refractivity contribution >= 4 is 17.5 Å². The Morgan fingerprint density at radius 1 is 1.36 bits per heavy atom. The summed E-state index contributed by atoms with van der Waals surface area (Å²) in [6, 6.07) is 0.0457. The van der Waals surface area contributed by atoms with E-state index in [1.165, 1.54) is 5.57 Å². The molecule has 1 aliphatic rings. The molecule has 0 bridgehead atoms. The molecule has 0 radical (unpaired) electrons. The molecule has 2 rings (SSSR count). The molecule has 1 aromatic rings. The van der Waals surface area contributed by atoms with Gasteiger partial charge in [0.15, 0.2) is 0 Å². The number of hydrogen-bond donors (Lipinski definition) is 0. The van der Waals surface area contributed by atoms with Gasteiger partial charge < -0.3 is 14.5 Å². The third-order valence-electron chi connectivity index (χ3n) is 5.31. The Hall–Kier alpha value is -2.11. The largest absolute Gasteiger partial charge is 0.444 e. The van der Waals surface area contributed by atoms with Crippen molar-refractivity contribution in [3.63, 3.8) is 0 Å². The van der Waals surface area contributed by atoms with Crippen molar-refractivity contribution in [2.75, 3.05) is 24.5 Å². The second-order valence-corrected chi connectivity index (χ2v) is 8.68. The summed E-state index contributed by atoms with van der Waals surface area (Å²) in [5.74, 6) is 1.41. The summed E-state index contributed by atoms with van der Waals surface area (Å²) in [5.41, 5.74) is 2.94. The number of anilines is 1. The zero-order chi connectivity index (χ0) is 21.1. The molecule has 0 N–H and O–H groups in total. The van der Waals surface area contributed by atoms with E-state index in [4.69, 9.17) is 4.74 Å². The van der Waals surface area contributed by atoms with Crippen LogP contribution < -0.4 is 4.90 Å². The zero-order valence-electron chi connectivity index (χ0n) is 18.7. The van der Waals surface area contributed by atoms with Crippen molar-refractivity contribution in [3.05, 3.63) is 23.7 Å². The van der Waals surface area contributed by atoms with Gasteiger partial charge in [0, 0.05) is 31.2 Å². The van der Waals surface area contributed by atoms with Gasteiger partial charge in [0.2, 0.25) is 0 Å². The number of allylic oxidation sites excluding steroid dienone is 2. The molecule has 1 fully saturated rings. The van der Waals surface area contributed by atoms with Gasteiger partial charge in [-0.1, -0.05) is 19.9 Å². The monoisotopic (exact) mass is 388 g/mol. The van der Waals surface area contributed by atoms with Gasteiger partial charge in [-0.2, -0.15) is 0 Å². The molecule has 2 heterocycles. The Labute approximate surface area is 170 Å². The molecule has 1 aromatic heterocycles. The molecule has 28 heavy (non-hydrogen) atoms. The van der Waals surface area contributed by atoms with E-state index in [0.29, 0.717) is 12.5 Å². The zero-order valence-corrected chi connectivity index (χ0v) is 18.7. The van der Waals surface area contributed by atoms with Crippen LogP contribution in [-0.4, -0.2) is 52.2 Å². The van der Waals surface area contributed by atoms with Crippen LogP contribution in [0.2, 0.25) is 0 Å². The lowest BCUT2D eigenvalue weighted by atomic mass is 9.90. The van der Waals surface area contributed by atoms with Gasteiger partial charge in [-0.05, 0) is 59.5 Å². The van der Waals surface area contributed by atoms with Gasteiger partial charge in [0.25, 0.3) is 0 Å². The summed E-state index contributed by atoms with van der Waals surface area (Å²) < 4.78 is 5.57. The third-order valence-corrected chi connectivity index (χ3v) is 5.31. The molecule has 0 saturated carbocycles. The van der Waals surface area contributed by atoms with Crippen molar-refractivity contribution in [2.24, 2.45) is 5.92 Å². The number of carbonyl (C=O) groups excluding carboxylic acids is 1. The summed E-state index contributed by atoms with van der Waals surface area (Å²) in [5, 5.41) is 0. The predicted octanol–water partition coefficient (Wildman–Crippen LogP) is 4.68. The molecule has 6 heteroatoms. The van der Waals surface area contributed by atoms with Gasteiger partial charge in [-0.15, -0.1) is 0 Å². The van der Waals surface area contributed by atoms with Crippen molar-refractivity contribution in [1.82, 2.24) is 14.9 Å². The number of aromatic nitrogens is 2. The van der Waals surface area contributed by atoms with E-state index < -0.39 is 5.60 Å². The maximum Gasteiger partial charge on any atom is 0.410 e. The first-order valence-corrected chi connectivity index (χ1v) is 10.3. The number of ether oxygens (including phenoxy) is 1. The minimum absolute atomic E-state index is 0.0457. The summed E-state index contributed by atoms with van der Waals surface area (Å²) in [4.78, 5) is 25.7. The van der Waals surface area contributed by atoms with Gasteiger partial charge in [-0.3, -0.25) is 0 Å². The second kappa shape index (κ2) is 8.93. The lowest BCUT2D eigenvalue weighted by molar-refractivity contribution is 0.0158. The normalized spacial score (nSPS) is 19.6. The van der Waals surface area contributed by atoms with E-state index in [1.54, 1.807) is 6.33 Å². The van der Waals surface area contributed by atoms with Crippen LogP contribution in [0.1, 0.15) is 66.1 Å². The Morgan fingerprint density at radius 3 is 2.57 bits per heavy atom. The fourth-order valence-electron chi connectivity index (χ4n) is 3.68. The van der Waals surface area contributed by atoms with Crippen LogP contribution in [0.5, 0.6) is 0 Å². The third kappa shape index (κ3) is 5.03. The number of nitrogens with zero attached hydrogens (tertiary/aromatic N) is 4. The van der Waals surface area contributed by atoms with E-state index in [9.17, 15) is 4.79 Å². The SMILES string of the molecule is C/C=C(\c1c(C)ncnc1N1CCN(C(=O)OC(C)(C)C)C(C)C1)C(C)CC. The minimum Gasteiger partial charge on any atom is -0.444 e. The average Bonchev–Trinajstić information content (AvgIpc) is 2.61. The number of carbonyl (C=O) groups is 1. The number of rotatable bonds is 4. The van der Waals surface area contributed by atoms with Gasteiger partial charge in [0.05, 0.1) is 5.69 Å². The van der Waals surface area contributed by atoms with E-state index in [0.717, 1.165) is 36.6 Å². The Morgan fingerprint density at radius 2 is 2.04 bits per heavy atom. The minimum atomic E-state index is -0.484. The van der Waals surface area contributed by atoms with E-state index in [2.05, 4.69) is 48.6 Å². The highest BCUT2D eigenvalue weighted by Crippen LogP contribution is 2.34. The summed E-state index contributed by atoms with van der Waals surface area (Å²) >= 11 is 0. The number of aryl methyl sites for hydroxylation is 1. The molecule has 1 amide bonds. The van der Waals surface area contributed by atoms with Crippen LogP contribution >= 0.6 is 0 Å². The number of amides is 1. The summed E-state index contributed by atoms with van der Waals surface area (Å²) in [7, 11) is 0. The summed E-state index contributed by atoms with van der Waals surface area (Å²) in [6.07, 6.45) is 4.65. The van der Waals surface area contributed by atoms with Crippen LogP contribution in [0.4, 0.5) is 10.6 Å². The van der Waals surface area contributed by atoms with E-state index in [-0.39, 0.29) is 12.1 Å². The molecule has 0 aromatic carbocycles. The van der Waals surface area contributed by atoms with E-state index >= 15 is 0 Å². The first-order chi connectivity index (χ1) is 13.1. The fraction of sp³-hybridized carbons (Fsp3) is 0.682. The Kier molecular flexibility index (Phi) is 7.07. The number of piperazine rings is 1. The molecule has 0 aliphatic carbocycles. The van der Waals surface area contributed by atoms with Crippen LogP contribution in [0.3, 0.4) is 0 Å². The molecule has 0 spiro atoms. The number of hydrogen-bond acceptors (Lipinski definition) is 5. The maximum atomic E-state index is 12.5. The maximum absolute atomic E-state index is 12.5. The van der Waals surface area contributed by atoms with Crippen molar-refractivity contribution in [2.45, 2.75) is 73.5 Å². The molecular formula is C22H36N4O2. The van der Waals surface area contributed by atoms with Crippen LogP contribution in [0.25, 0.3) is 5.57 Å². The lowest BCUT2D eigenvalue weighted by Crippen LogP contribution is -2.55. The first-order valence-electron chi connectivity index (χ1n) is 10.3. The molecule has 2 unspecified atom stereocenters. The topological polar surface area (TPSA) is 58.6 Å². The summed E-state index contributed by atoms with van der Waals surface area (Å²) in [6.45, 7) is 18.4. The van der Waals surface area contributed by atoms with Crippen molar-refractivity contribution in [1.29, 1.82) is 0 Å². The lowest BCUT2D eigenvalue weighted by Gasteiger charge is -2.41. The molecule has 1 aliphatic heterocycles. The smallest absolute Gasteiger partial charge is 0.410 e. The van der Waals surface area contributed by atoms with Gasteiger partial charge in [-0.25, -0.2) is 14.8 Å². The average molecular weight is 389 g/mol. The molecular weight excluding hydrogens is 352 g/mol. The second-order valence-electron chi connectivity index (χ2n) is 8.68. The highest BCUT2D eigenvalue weighted by atomic mass is 16.6. The molecule has 6 nitrogen and oxygen atoms in total. The highest BCUT2D eigenvalue weighted by Gasteiger charge is 2.32. The van der Waals surface area contributed by atoms with Crippen LogP contribution in [0, 0.1) is 12.8 Å². The predicted molar refractivity (Wildman–Crippen MR) is 114 cm³/mol. The molecule has 2 atom stereocenters. The standard InChI is InChI=1S/C22H36N4O2/c1-9-15(3)18(10-2)19-17(5)23-14-24-20(19)25-11-12-26(16(4)13-25)21(27)28-22(6,7)8/h10,14-16H,9,11-13H2,1-8H3/b18-10-. The van der Waals surface area contributed by atoms with Crippen LogP contribution in [-0.2, 0) is 4.74 Å². The van der Waals surface area contributed by atoms with Crippen molar-refractivity contribution in [3.8, 4) is 0 Å². The quantitative estimate of drug-likeness (QED) is 0.749. The van der Waals surface area contributed by atoms with Gasteiger partial charge >= 0.3 is 6.09 Å². The van der Waals surface area contributed by atoms with Crippen LogP contribution in [0.15, 0.2) is 12.4 Å². The van der Waals surface area contributed by atoms with Crippen molar-refractivity contribution < 1.29 is 9.53 Å². The Bertz CT molecular complexity index is 724. The fourth-order valence-corrected chi connectivity index (χ4v) is 3.68. The first kappa shape index (κ1) is 22.2. The molecule has 1 saturated heterocycles. The Balaban J connectivity index is 2.27. The van der Waals surface area contributed by atoms with Gasteiger partial charge in [0.1, 0.15) is 17.7 Å².